The number of ether oxygens (including phenoxy) is 1. The maximum atomic E-state index is 12.2. The summed E-state index contributed by atoms with van der Waals surface area (Å²) in [5.74, 6) is 0.560. The van der Waals surface area contributed by atoms with Crippen LogP contribution in [-0.2, 0) is 22.4 Å². The van der Waals surface area contributed by atoms with E-state index < -0.39 is 0 Å². The van der Waals surface area contributed by atoms with Crippen molar-refractivity contribution in [1.29, 1.82) is 0 Å². The molecule has 5 nitrogen and oxygen atoms in total. The molecule has 2 aromatic rings. The van der Waals surface area contributed by atoms with Gasteiger partial charge in [-0.25, -0.2) is 4.79 Å². The minimum absolute atomic E-state index is 0.0602. The molecule has 0 aliphatic carbocycles. The second-order valence-electron chi connectivity index (χ2n) is 6.95. The molecule has 1 saturated heterocycles. The summed E-state index contributed by atoms with van der Waals surface area (Å²) in [4.78, 5) is 25.4. The molecule has 1 aliphatic rings. The molecule has 0 atom stereocenters. The summed E-state index contributed by atoms with van der Waals surface area (Å²) in [7, 11) is 0. The number of carbonyl (C=O) groups excluding carboxylic acids is 2. The lowest BCUT2D eigenvalue weighted by Crippen LogP contribution is -2.23. The van der Waals surface area contributed by atoms with Gasteiger partial charge in [0, 0.05) is 11.4 Å². The second kappa shape index (κ2) is 8.04. The number of nitrogens with one attached hydrogen (secondary N) is 1. The Hall–Kier alpha value is -2.82. The first-order chi connectivity index (χ1) is 12.5. The molecule has 0 saturated carbocycles. The Labute approximate surface area is 154 Å². The molecular formula is C21H24N2O3. The lowest BCUT2D eigenvalue weighted by molar-refractivity contribution is -0.115. The van der Waals surface area contributed by atoms with Crippen LogP contribution in [-0.4, -0.2) is 25.2 Å². The molecule has 0 unspecified atom stereocenters. The Morgan fingerprint density at radius 3 is 2.31 bits per heavy atom. The topological polar surface area (TPSA) is 58.6 Å². The van der Waals surface area contributed by atoms with E-state index in [-0.39, 0.29) is 12.0 Å². The van der Waals surface area contributed by atoms with Crippen LogP contribution in [0.25, 0.3) is 0 Å². The first-order valence-electron chi connectivity index (χ1n) is 8.93. The number of hydrogen-bond acceptors (Lipinski definition) is 3. The first kappa shape index (κ1) is 18.0. The van der Waals surface area contributed by atoms with E-state index in [0.717, 1.165) is 17.7 Å². The van der Waals surface area contributed by atoms with Crippen LogP contribution in [0.2, 0.25) is 0 Å². The van der Waals surface area contributed by atoms with Crippen LogP contribution in [0.5, 0.6) is 0 Å². The van der Waals surface area contributed by atoms with Crippen molar-refractivity contribution in [3.05, 3.63) is 59.7 Å². The Morgan fingerprint density at radius 1 is 1.08 bits per heavy atom. The van der Waals surface area contributed by atoms with E-state index in [1.165, 1.54) is 5.56 Å². The van der Waals surface area contributed by atoms with Crippen molar-refractivity contribution in [3.63, 3.8) is 0 Å². The number of carbonyl (C=O) groups is 2. The maximum Gasteiger partial charge on any atom is 0.414 e. The van der Waals surface area contributed by atoms with E-state index in [0.29, 0.717) is 31.2 Å². The second-order valence-corrected chi connectivity index (χ2v) is 6.95. The van der Waals surface area contributed by atoms with E-state index in [1.807, 2.05) is 24.3 Å². The predicted molar refractivity (Wildman–Crippen MR) is 102 cm³/mol. The normalized spacial score (nSPS) is 13.8. The molecule has 1 N–H and O–H groups in total. The van der Waals surface area contributed by atoms with Crippen molar-refractivity contribution in [2.45, 2.75) is 26.7 Å². The summed E-state index contributed by atoms with van der Waals surface area (Å²) in [6.07, 6.45) is 1.05. The highest BCUT2D eigenvalue weighted by Crippen LogP contribution is 2.21. The Kier molecular flexibility index (Phi) is 5.56. The standard InChI is InChI=1S/C21H24N2O3/c1-15(2)13-16-3-5-17(6-4-16)14-20(24)22-18-7-9-19(10-8-18)23-11-12-26-21(23)25/h3-10,15H,11-14H2,1-2H3,(H,22,24). The third-order valence-electron chi connectivity index (χ3n) is 4.26. The summed E-state index contributed by atoms with van der Waals surface area (Å²) in [6, 6.07) is 15.4. The van der Waals surface area contributed by atoms with Crippen LogP contribution in [0.3, 0.4) is 0 Å². The van der Waals surface area contributed by atoms with Gasteiger partial charge in [0.25, 0.3) is 0 Å². The average Bonchev–Trinajstić information content (AvgIpc) is 3.03. The van der Waals surface area contributed by atoms with Crippen molar-refractivity contribution in [3.8, 4) is 0 Å². The largest absolute Gasteiger partial charge is 0.447 e. The Morgan fingerprint density at radius 2 is 1.73 bits per heavy atom. The Balaban J connectivity index is 1.55. The number of rotatable bonds is 6. The van der Waals surface area contributed by atoms with Crippen LogP contribution in [0.1, 0.15) is 25.0 Å². The number of anilines is 2. The van der Waals surface area contributed by atoms with Crippen molar-refractivity contribution in [2.75, 3.05) is 23.4 Å². The fraction of sp³-hybridized carbons (Fsp3) is 0.333. The third-order valence-corrected chi connectivity index (χ3v) is 4.26. The van der Waals surface area contributed by atoms with Gasteiger partial charge in [-0.2, -0.15) is 0 Å². The monoisotopic (exact) mass is 352 g/mol. The zero-order chi connectivity index (χ0) is 18.5. The van der Waals surface area contributed by atoms with Gasteiger partial charge in [-0.15, -0.1) is 0 Å². The summed E-state index contributed by atoms with van der Waals surface area (Å²) in [5, 5.41) is 2.89. The van der Waals surface area contributed by atoms with Gasteiger partial charge < -0.3 is 10.1 Å². The van der Waals surface area contributed by atoms with Crippen molar-refractivity contribution >= 4 is 23.4 Å². The molecule has 3 rings (SSSR count). The highest BCUT2D eigenvalue weighted by Gasteiger charge is 2.23. The van der Waals surface area contributed by atoms with Crippen LogP contribution >= 0.6 is 0 Å². The smallest absolute Gasteiger partial charge is 0.414 e. The molecule has 1 aliphatic heterocycles. The fourth-order valence-corrected chi connectivity index (χ4v) is 3.01. The zero-order valence-electron chi connectivity index (χ0n) is 15.2. The number of hydrogen-bond donors (Lipinski definition) is 1. The Bertz CT molecular complexity index is 767. The summed E-state index contributed by atoms with van der Waals surface area (Å²) < 4.78 is 4.93. The van der Waals surface area contributed by atoms with E-state index in [9.17, 15) is 9.59 Å². The molecule has 2 amide bonds. The van der Waals surface area contributed by atoms with E-state index >= 15 is 0 Å². The molecule has 5 heteroatoms. The van der Waals surface area contributed by atoms with Gasteiger partial charge in [-0.1, -0.05) is 38.1 Å². The summed E-state index contributed by atoms with van der Waals surface area (Å²) >= 11 is 0. The fourth-order valence-electron chi connectivity index (χ4n) is 3.01. The number of benzene rings is 2. The lowest BCUT2D eigenvalue weighted by atomic mass is 10.0. The summed E-state index contributed by atoms with van der Waals surface area (Å²) in [6.45, 7) is 5.35. The van der Waals surface area contributed by atoms with Crippen LogP contribution < -0.4 is 10.2 Å². The SMILES string of the molecule is CC(C)Cc1ccc(CC(=O)Nc2ccc(N3CCOC3=O)cc2)cc1. The van der Waals surface area contributed by atoms with Gasteiger partial charge in [-0.05, 0) is 47.7 Å². The van der Waals surface area contributed by atoms with E-state index in [1.54, 1.807) is 17.0 Å². The van der Waals surface area contributed by atoms with E-state index in [4.69, 9.17) is 4.74 Å². The minimum Gasteiger partial charge on any atom is -0.447 e. The summed E-state index contributed by atoms with van der Waals surface area (Å²) in [5.41, 5.74) is 3.76. The van der Waals surface area contributed by atoms with Gasteiger partial charge in [0.15, 0.2) is 0 Å². The molecule has 136 valence electrons. The zero-order valence-corrected chi connectivity index (χ0v) is 15.2. The molecular weight excluding hydrogens is 328 g/mol. The molecule has 1 fully saturated rings. The highest BCUT2D eigenvalue weighted by atomic mass is 16.6. The number of cyclic esters (lactones) is 1. The molecule has 0 spiro atoms. The lowest BCUT2D eigenvalue weighted by Gasteiger charge is -2.13. The van der Waals surface area contributed by atoms with Crippen LogP contribution in [0.4, 0.5) is 16.2 Å². The van der Waals surface area contributed by atoms with Gasteiger partial charge in [0.05, 0.1) is 13.0 Å². The third kappa shape index (κ3) is 4.63. The van der Waals surface area contributed by atoms with E-state index in [2.05, 4.69) is 31.3 Å². The number of nitrogens with zero attached hydrogens (tertiary/aromatic N) is 1. The van der Waals surface area contributed by atoms with Gasteiger partial charge in [0.2, 0.25) is 5.91 Å². The van der Waals surface area contributed by atoms with Gasteiger partial charge >= 0.3 is 6.09 Å². The van der Waals surface area contributed by atoms with Crippen LogP contribution in [0, 0.1) is 5.92 Å². The van der Waals surface area contributed by atoms with Crippen molar-refractivity contribution < 1.29 is 14.3 Å². The predicted octanol–water partition coefficient (Wildman–Crippen LogP) is 4.02. The maximum absolute atomic E-state index is 12.2. The molecule has 2 aromatic carbocycles. The highest BCUT2D eigenvalue weighted by molar-refractivity contribution is 5.93. The minimum atomic E-state index is -0.331. The quantitative estimate of drug-likeness (QED) is 0.854. The molecule has 0 radical (unpaired) electrons. The molecule has 0 aromatic heterocycles. The van der Waals surface area contributed by atoms with Crippen LogP contribution in [0.15, 0.2) is 48.5 Å². The first-order valence-corrected chi connectivity index (χ1v) is 8.93. The van der Waals surface area contributed by atoms with Gasteiger partial charge in [-0.3, -0.25) is 9.69 Å². The van der Waals surface area contributed by atoms with Gasteiger partial charge in [0.1, 0.15) is 6.61 Å². The van der Waals surface area contributed by atoms with Crippen molar-refractivity contribution in [2.24, 2.45) is 5.92 Å². The molecule has 1 heterocycles. The van der Waals surface area contributed by atoms with Crippen molar-refractivity contribution in [1.82, 2.24) is 0 Å². The number of amides is 2. The molecule has 0 bridgehead atoms. The average molecular weight is 352 g/mol. The molecule has 26 heavy (non-hydrogen) atoms.